The number of Topliss-reactive ketones (excluding diaryl/α,β-unsaturated/α-hetero) is 1. The third-order valence-corrected chi connectivity index (χ3v) is 1.87. The summed E-state index contributed by atoms with van der Waals surface area (Å²) < 4.78 is 0. The van der Waals surface area contributed by atoms with Gasteiger partial charge in [-0.3, -0.25) is 4.79 Å². The van der Waals surface area contributed by atoms with Gasteiger partial charge in [-0.15, -0.1) is 0 Å². The lowest BCUT2D eigenvalue weighted by atomic mass is 10.0. The van der Waals surface area contributed by atoms with E-state index in [0.29, 0.717) is 0 Å². The lowest BCUT2D eigenvalue weighted by molar-refractivity contribution is 0.0943. The van der Waals surface area contributed by atoms with Crippen LogP contribution in [0.15, 0.2) is 42.8 Å². The molecule has 0 amide bonds. The highest BCUT2D eigenvalue weighted by Gasteiger charge is 2.14. The van der Waals surface area contributed by atoms with Crippen molar-refractivity contribution in [2.75, 3.05) is 0 Å². The van der Waals surface area contributed by atoms with Crippen molar-refractivity contribution in [2.24, 2.45) is 5.92 Å². The van der Waals surface area contributed by atoms with E-state index in [9.17, 15) is 4.79 Å². The molecule has 0 radical (unpaired) electrons. The van der Waals surface area contributed by atoms with Crippen LogP contribution in [0.1, 0.15) is 24.5 Å². The number of allylic oxidation sites excluding steroid dienone is 3. The third kappa shape index (κ3) is 3.46. The monoisotopic (exact) mass is 202 g/mol. The fourth-order valence-corrected chi connectivity index (χ4v) is 1.03. The molecule has 0 bridgehead atoms. The Balaban J connectivity index is 2.74. The smallest absolute Gasteiger partial charge is 0.206 e. The lowest BCUT2D eigenvalue weighted by Crippen LogP contribution is -2.12. The Morgan fingerprint density at radius 2 is 2.07 bits per heavy atom. The first-order valence-corrected chi connectivity index (χ1v) is 4.76. The van der Waals surface area contributed by atoms with Crippen LogP contribution in [0.5, 0.6) is 0 Å². The fourth-order valence-electron chi connectivity index (χ4n) is 1.03. The minimum atomic E-state index is -0.218. The molecule has 1 aromatic rings. The zero-order chi connectivity index (χ0) is 11.3. The first-order valence-electron chi connectivity index (χ1n) is 4.76. The maximum absolute atomic E-state index is 11.8. The molecule has 0 aromatic carbocycles. The van der Waals surface area contributed by atoms with E-state index in [1.807, 2.05) is 19.9 Å². The van der Waals surface area contributed by atoms with Crippen LogP contribution >= 0.6 is 0 Å². The normalized spacial score (nSPS) is 12.7. The van der Waals surface area contributed by atoms with Gasteiger partial charge >= 0.3 is 0 Å². The van der Waals surface area contributed by atoms with Gasteiger partial charge < -0.3 is 0 Å². The zero-order valence-corrected chi connectivity index (χ0v) is 8.97. The Labute approximate surface area is 89.6 Å². The number of carbonyl (C=O) groups is 1. The molecular weight excluding hydrogens is 188 g/mol. The van der Waals surface area contributed by atoms with Crippen molar-refractivity contribution in [1.82, 2.24) is 9.97 Å². The second kappa shape index (κ2) is 5.20. The van der Waals surface area contributed by atoms with E-state index >= 15 is 0 Å². The summed E-state index contributed by atoms with van der Waals surface area (Å²) in [6, 6.07) is 1.69. The largest absolute Gasteiger partial charge is 0.290 e. The topological polar surface area (TPSA) is 42.9 Å². The number of hydrogen-bond donors (Lipinski definition) is 0. The molecule has 0 unspecified atom stereocenters. The minimum absolute atomic E-state index is 0.0758. The second-order valence-corrected chi connectivity index (χ2v) is 3.43. The summed E-state index contributed by atoms with van der Waals surface area (Å²) in [6.07, 6.45) is 6.76. The molecule has 0 aliphatic rings. The van der Waals surface area contributed by atoms with Crippen molar-refractivity contribution >= 4 is 5.78 Å². The first-order chi connectivity index (χ1) is 7.11. The predicted molar refractivity (Wildman–Crippen MR) is 59.5 cm³/mol. The summed E-state index contributed by atoms with van der Waals surface area (Å²) in [5.74, 6) is -0.0337. The van der Waals surface area contributed by atoms with Crippen LogP contribution in [0, 0.1) is 5.92 Å². The Hall–Kier alpha value is -1.77. The summed E-state index contributed by atoms with van der Waals surface area (Å²) in [7, 11) is 0. The van der Waals surface area contributed by atoms with E-state index < -0.39 is 0 Å². The van der Waals surface area contributed by atoms with Gasteiger partial charge in [-0.05, 0) is 13.0 Å². The van der Waals surface area contributed by atoms with Crippen molar-refractivity contribution < 1.29 is 4.79 Å². The highest BCUT2D eigenvalue weighted by atomic mass is 16.1. The average Bonchev–Trinajstić information content (AvgIpc) is 2.26. The number of ketones is 1. The van der Waals surface area contributed by atoms with Crippen molar-refractivity contribution in [3.63, 3.8) is 0 Å². The van der Waals surface area contributed by atoms with E-state index in [4.69, 9.17) is 0 Å². The van der Waals surface area contributed by atoms with Gasteiger partial charge in [0.25, 0.3) is 0 Å². The van der Waals surface area contributed by atoms with Gasteiger partial charge in [0, 0.05) is 18.3 Å². The van der Waals surface area contributed by atoms with Crippen LogP contribution < -0.4 is 0 Å². The van der Waals surface area contributed by atoms with Crippen LogP contribution in [0.25, 0.3) is 0 Å². The molecule has 1 atom stereocenters. The molecule has 78 valence electrons. The van der Waals surface area contributed by atoms with Crippen molar-refractivity contribution in [1.29, 1.82) is 0 Å². The molecule has 0 N–H and O–H groups in total. The molecule has 15 heavy (non-hydrogen) atoms. The van der Waals surface area contributed by atoms with E-state index in [1.54, 1.807) is 24.5 Å². The van der Waals surface area contributed by atoms with Crippen LogP contribution in [0.3, 0.4) is 0 Å². The summed E-state index contributed by atoms with van der Waals surface area (Å²) in [4.78, 5) is 19.6. The molecule has 0 saturated heterocycles. The van der Waals surface area contributed by atoms with Gasteiger partial charge in [0.2, 0.25) is 5.78 Å². The third-order valence-electron chi connectivity index (χ3n) is 1.87. The standard InChI is InChI=1S/C12H14N2O/c1-9(2)5-6-10(3)11(15)12-13-7-4-8-14-12/h4-8,10H,1H2,2-3H3/b6-5+/t10-/m0/s1. The fraction of sp³-hybridized carbons (Fsp3) is 0.250. The summed E-state index contributed by atoms with van der Waals surface area (Å²) >= 11 is 0. The molecule has 0 aliphatic carbocycles. The Morgan fingerprint density at radius 3 is 2.60 bits per heavy atom. The summed E-state index contributed by atoms with van der Waals surface area (Å²) in [5.41, 5.74) is 0.920. The van der Waals surface area contributed by atoms with Gasteiger partial charge in [-0.2, -0.15) is 0 Å². The quantitative estimate of drug-likeness (QED) is 0.556. The summed E-state index contributed by atoms with van der Waals surface area (Å²) in [6.45, 7) is 7.43. The zero-order valence-electron chi connectivity index (χ0n) is 8.97. The van der Waals surface area contributed by atoms with E-state index in [1.165, 1.54) is 0 Å². The van der Waals surface area contributed by atoms with Crippen molar-refractivity contribution in [3.05, 3.63) is 48.6 Å². The molecule has 0 spiro atoms. The molecular formula is C12H14N2O. The summed E-state index contributed by atoms with van der Waals surface area (Å²) in [5, 5.41) is 0. The molecule has 1 rings (SSSR count). The molecule has 0 aliphatic heterocycles. The average molecular weight is 202 g/mol. The van der Waals surface area contributed by atoms with Gasteiger partial charge in [0.15, 0.2) is 5.82 Å². The van der Waals surface area contributed by atoms with Crippen LogP contribution in [-0.2, 0) is 0 Å². The molecule has 1 aromatic heterocycles. The first kappa shape index (κ1) is 11.3. The van der Waals surface area contributed by atoms with Gasteiger partial charge in [-0.1, -0.05) is 31.2 Å². The predicted octanol–water partition coefficient (Wildman–Crippen LogP) is 2.43. The SMILES string of the molecule is C=C(C)/C=C/[C@H](C)C(=O)c1ncccn1. The Morgan fingerprint density at radius 1 is 1.47 bits per heavy atom. The molecule has 0 fully saturated rings. The Kier molecular flexibility index (Phi) is 3.92. The van der Waals surface area contributed by atoms with Crippen molar-refractivity contribution in [2.45, 2.75) is 13.8 Å². The number of aromatic nitrogens is 2. The molecule has 3 heteroatoms. The number of hydrogen-bond acceptors (Lipinski definition) is 3. The number of rotatable bonds is 4. The van der Waals surface area contributed by atoms with E-state index in [2.05, 4.69) is 16.5 Å². The van der Waals surface area contributed by atoms with Gasteiger partial charge in [-0.25, -0.2) is 9.97 Å². The molecule has 3 nitrogen and oxygen atoms in total. The number of carbonyl (C=O) groups excluding carboxylic acids is 1. The van der Waals surface area contributed by atoms with E-state index in [-0.39, 0.29) is 17.5 Å². The second-order valence-electron chi connectivity index (χ2n) is 3.43. The molecule has 1 heterocycles. The molecule has 0 saturated carbocycles. The highest BCUT2D eigenvalue weighted by molar-refractivity contribution is 5.95. The van der Waals surface area contributed by atoms with Gasteiger partial charge in [0.05, 0.1) is 0 Å². The highest BCUT2D eigenvalue weighted by Crippen LogP contribution is 2.06. The van der Waals surface area contributed by atoms with Crippen molar-refractivity contribution in [3.8, 4) is 0 Å². The minimum Gasteiger partial charge on any atom is -0.290 e. The maximum atomic E-state index is 11.8. The maximum Gasteiger partial charge on any atom is 0.206 e. The lowest BCUT2D eigenvalue weighted by Gasteiger charge is -2.02. The van der Waals surface area contributed by atoms with Crippen LogP contribution in [0.4, 0.5) is 0 Å². The van der Waals surface area contributed by atoms with Crippen LogP contribution in [0.2, 0.25) is 0 Å². The Bertz CT molecular complexity index is 382. The van der Waals surface area contributed by atoms with Gasteiger partial charge in [0.1, 0.15) is 0 Å². The van der Waals surface area contributed by atoms with Crippen LogP contribution in [-0.4, -0.2) is 15.8 Å². The van der Waals surface area contributed by atoms with E-state index in [0.717, 1.165) is 5.57 Å². The number of nitrogens with zero attached hydrogens (tertiary/aromatic N) is 2.